The zero-order valence-electron chi connectivity index (χ0n) is 33.2. The normalized spacial score (nSPS) is 14.7. The van der Waals surface area contributed by atoms with Crippen LogP contribution >= 0.6 is 11.3 Å². The summed E-state index contributed by atoms with van der Waals surface area (Å²) in [5, 5.41) is 1.32. The van der Waals surface area contributed by atoms with E-state index in [1.807, 2.05) is 11.3 Å². The third-order valence-corrected chi connectivity index (χ3v) is 14.8. The number of hydrogen-bond acceptors (Lipinski definition) is 3. The summed E-state index contributed by atoms with van der Waals surface area (Å²) in [6, 6.07) is 68.8. The molecule has 0 saturated carbocycles. The van der Waals surface area contributed by atoms with E-state index >= 15 is 0 Å². The van der Waals surface area contributed by atoms with Crippen LogP contribution in [0.2, 0.25) is 0 Å². The molecule has 1 aromatic heterocycles. The van der Waals surface area contributed by atoms with Crippen LogP contribution in [0.25, 0.3) is 32.3 Å². The fourth-order valence-corrected chi connectivity index (χ4v) is 12.5. The first-order chi connectivity index (χ1) is 28.9. The Kier molecular flexibility index (Phi) is 6.64. The predicted octanol–water partition coefficient (Wildman–Crippen LogP) is 12.6. The second-order valence-corrected chi connectivity index (χ2v) is 18.7. The van der Waals surface area contributed by atoms with Gasteiger partial charge in [0.05, 0.1) is 11.1 Å². The molecule has 0 bridgehead atoms. The van der Waals surface area contributed by atoms with Crippen molar-refractivity contribution in [3.8, 4) is 22.3 Å². The highest BCUT2D eigenvalue weighted by Crippen LogP contribution is 2.64. The summed E-state index contributed by atoms with van der Waals surface area (Å²) in [7, 11) is 0. The molecule has 9 aromatic rings. The Morgan fingerprint density at radius 3 is 1.59 bits per heavy atom. The lowest BCUT2D eigenvalue weighted by Crippen LogP contribution is -2.60. The SMILES string of the molecule is CC(C)(C)c1cc2c3c(c1)N(c1ccccc1)c1c(sc4cc5c(cc14)C1(c4ccccc4-c4ccccc41)c1ccccc1-5)B3c1ccccc1N2c1ccccc1. The molecule has 4 aliphatic rings. The van der Waals surface area contributed by atoms with Crippen LogP contribution in [0, 0.1) is 0 Å². The van der Waals surface area contributed by atoms with Gasteiger partial charge in [-0.05, 0) is 121 Å². The summed E-state index contributed by atoms with van der Waals surface area (Å²) in [5.41, 5.74) is 21.9. The number of rotatable bonds is 2. The minimum absolute atomic E-state index is 0.0709. The first kappa shape index (κ1) is 33.4. The average Bonchev–Trinajstić information content (AvgIpc) is 3.89. The van der Waals surface area contributed by atoms with Gasteiger partial charge in [-0.25, -0.2) is 0 Å². The zero-order chi connectivity index (χ0) is 39.2. The standard InChI is InChI=1S/C55H39BN2S/c1-54(2,3)34-30-48-51-49(31-34)58(36-20-8-5-9-21-36)52-41-32-45-40(33-50(41)59-53(52)56(51)46-28-16-17-29-47(46)57(48)35-18-6-4-7-19-35)39-24-12-15-27-44(39)55(45)42-25-13-10-22-37(42)38-23-11-14-26-43(38)55/h4-33H,1-3H3. The van der Waals surface area contributed by atoms with E-state index in [9.17, 15) is 0 Å². The zero-order valence-corrected chi connectivity index (χ0v) is 34.0. The number of hydrogen-bond donors (Lipinski definition) is 0. The summed E-state index contributed by atoms with van der Waals surface area (Å²) in [6.07, 6.45) is 0. The van der Waals surface area contributed by atoms with Gasteiger partial charge in [0.2, 0.25) is 0 Å². The van der Waals surface area contributed by atoms with Gasteiger partial charge >= 0.3 is 0 Å². The Bertz CT molecular complexity index is 3180. The predicted molar refractivity (Wildman–Crippen MR) is 251 cm³/mol. The Hall–Kier alpha value is -6.62. The van der Waals surface area contributed by atoms with Gasteiger partial charge in [0.15, 0.2) is 0 Å². The maximum Gasteiger partial charge on any atom is 0.264 e. The molecule has 278 valence electrons. The monoisotopic (exact) mass is 770 g/mol. The van der Waals surface area contributed by atoms with E-state index in [-0.39, 0.29) is 12.1 Å². The fraction of sp³-hybridized carbons (Fsp3) is 0.0909. The van der Waals surface area contributed by atoms with Crippen molar-refractivity contribution < 1.29 is 0 Å². The molecule has 0 amide bonds. The van der Waals surface area contributed by atoms with Gasteiger partial charge in [0, 0.05) is 43.3 Å². The molecule has 0 radical (unpaired) electrons. The molecule has 0 atom stereocenters. The molecule has 0 saturated heterocycles. The number of anilines is 6. The molecular weight excluding hydrogens is 731 g/mol. The van der Waals surface area contributed by atoms with Gasteiger partial charge in [0.25, 0.3) is 6.71 Å². The molecule has 0 N–H and O–H groups in total. The van der Waals surface area contributed by atoms with Crippen molar-refractivity contribution in [1.29, 1.82) is 0 Å². The maximum absolute atomic E-state index is 2.62. The molecular formula is C55H39BN2S. The molecule has 2 nitrogen and oxygen atoms in total. The molecule has 2 aliphatic heterocycles. The van der Waals surface area contributed by atoms with Crippen molar-refractivity contribution in [2.24, 2.45) is 0 Å². The lowest BCUT2D eigenvalue weighted by molar-refractivity contribution is 0.590. The fourth-order valence-electron chi connectivity index (χ4n) is 11.1. The highest BCUT2D eigenvalue weighted by molar-refractivity contribution is 7.33. The van der Waals surface area contributed by atoms with E-state index in [0.29, 0.717) is 0 Å². The van der Waals surface area contributed by atoms with Crippen LogP contribution in [0.1, 0.15) is 48.6 Å². The van der Waals surface area contributed by atoms with Crippen LogP contribution in [0.15, 0.2) is 182 Å². The average molecular weight is 771 g/mol. The lowest BCUT2D eigenvalue weighted by atomic mass is 9.36. The van der Waals surface area contributed by atoms with Gasteiger partial charge in [-0.2, -0.15) is 0 Å². The number of benzene rings is 8. The van der Waals surface area contributed by atoms with Crippen molar-refractivity contribution >= 4 is 78.0 Å². The largest absolute Gasteiger partial charge is 0.311 e. The van der Waals surface area contributed by atoms with Gasteiger partial charge in [-0.1, -0.05) is 148 Å². The summed E-state index contributed by atoms with van der Waals surface area (Å²) < 4.78 is 2.73. The minimum Gasteiger partial charge on any atom is -0.311 e. The Labute approximate surface area is 349 Å². The van der Waals surface area contributed by atoms with Crippen molar-refractivity contribution in [3.63, 3.8) is 0 Å². The highest BCUT2D eigenvalue weighted by atomic mass is 32.1. The van der Waals surface area contributed by atoms with Gasteiger partial charge < -0.3 is 9.80 Å². The first-order valence-electron chi connectivity index (χ1n) is 20.8. The number of para-hydroxylation sites is 3. The lowest BCUT2D eigenvalue weighted by Gasteiger charge is -2.44. The van der Waals surface area contributed by atoms with Crippen molar-refractivity contribution in [2.45, 2.75) is 31.6 Å². The van der Waals surface area contributed by atoms with Crippen molar-refractivity contribution in [2.75, 3.05) is 9.80 Å². The van der Waals surface area contributed by atoms with Gasteiger partial charge in [-0.15, -0.1) is 11.3 Å². The molecule has 59 heavy (non-hydrogen) atoms. The minimum atomic E-state index is -0.410. The summed E-state index contributed by atoms with van der Waals surface area (Å²) in [4.78, 5) is 5.14. The quantitative estimate of drug-likeness (QED) is 0.162. The Morgan fingerprint density at radius 1 is 0.475 bits per heavy atom. The Balaban J connectivity index is 1.17. The van der Waals surface area contributed by atoms with Crippen LogP contribution in [0.4, 0.5) is 34.1 Å². The summed E-state index contributed by atoms with van der Waals surface area (Å²) >= 11 is 1.99. The molecule has 8 aromatic carbocycles. The first-order valence-corrected chi connectivity index (χ1v) is 21.6. The van der Waals surface area contributed by atoms with Crippen LogP contribution < -0.4 is 25.5 Å². The van der Waals surface area contributed by atoms with Gasteiger partial charge in [-0.3, -0.25) is 0 Å². The molecule has 1 spiro atoms. The maximum atomic E-state index is 2.62. The van der Waals surface area contributed by atoms with Crippen LogP contribution in [0.3, 0.4) is 0 Å². The second-order valence-electron chi connectivity index (χ2n) is 17.6. The third-order valence-electron chi connectivity index (χ3n) is 13.6. The van der Waals surface area contributed by atoms with E-state index in [4.69, 9.17) is 0 Å². The summed E-state index contributed by atoms with van der Waals surface area (Å²) in [5.74, 6) is 0. The van der Waals surface area contributed by atoms with Crippen molar-refractivity contribution in [1.82, 2.24) is 0 Å². The van der Waals surface area contributed by atoms with E-state index in [1.54, 1.807) is 0 Å². The smallest absolute Gasteiger partial charge is 0.264 e. The highest BCUT2D eigenvalue weighted by Gasteiger charge is 2.52. The molecule has 2 aliphatic carbocycles. The second kappa shape index (κ2) is 11.7. The third kappa shape index (κ3) is 4.27. The van der Waals surface area contributed by atoms with Crippen LogP contribution in [-0.4, -0.2) is 6.71 Å². The molecule has 0 fully saturated rings. The van der Waals surface area contributed by atoms with Crippen molar-refractivity contribution in [3.05, 3.63) is 210 Å². The van der Waals surface area contributed by atoms with Crippen LogP contribution in [0.5, 0.6) is 0 Å². The van der Waals surface area contributed by atoms with E-state index < -0.39 is 5.41 Å². The number of thiophene rings is 1. The number of fused-ring (bicyclic) bond motifs is 16. The van der Waals surface area contributed by atoms with E-state index in [2.05, 4.69) is 213 Å². The molecule has 13 rings (SSSR count). The molecule has 4 heteroatoms. The van der Waals surface area contributed by atoms with Gasteiger partial charge in [0.1, 0.15) is 0 Å². The molecule has 0 unspecified atom stereocenters. The number of nitrogens with zero attached hydrogens (tertiary/aromatic N) is 2. The van der Waals surface area contributed by atoms with Crippen LogP contribution in [-0.2, 0) is 10.8 Å². The summed E-state index contributed by atoms with van der Waals surface area (Å²) in [6.45, 7) is 7.12. The van der Waals surface area contributed by atoms with E-state index in [0.717, 1.165) is 0 Å². The topological polar surface area (TPSA) is 6.48 Å². The molecule has 3 heterocycles. The Morgan fingerprint density at radius 2 is 0.983 bits per heavy atom. The van der Waals surface area contributed by atoms with E-state index in [1.165, 1.54) is 110 Å².